The van der Waals surface area contributed by atoms with E-state index in [0.717, 1.165) is 5.69 Å². The first-order chi connectivity index (χ1) is 7.87. The summed E-state index contributed by atoms with van der Waals surface area (Å²) in [6, 6.07) is 7.05. The van der Waals surface area contributed by atoms with Crippen LogP contribution in [0.4, 0.5) is 11.4 Å². The molecular formula is C13H20N2O2. The van der Waals surface area contributed by atoms with E-state index >= 15 is 0 Å². The molecule has 1 aromatic carbocycles. The van der Waals surface area contributed by atoms with Crippen molar-refractivity contribution in [2.75, 3.05) is 17.7 Å². The second-order valence-electron chi connectivity index (χ2n) is 4.88. The fourth-order valence-corrected chi connectivity index (χ4v) is 1.24. The van der Waals surface area contributed by atoms with Gasteiger partial charge in [0.15, 0.2) is 0 Å². The molecular weight excluding hydrogens is 216 g/mol. The molecule has 1 amide bonds. The molecule has 1 rings (SSSR count). The molecule has 4 nitrogen and oxygen atoms in total. The van der Waals surface area contributed by atoms with Crippen LogP contribution in [0.1, 0.15) is 27.2 Å². The second-order valence-corrected chi connectivity index (χ2v) is 4.88. The van der Waals surface area contributed by atoms with Crippen LogP contribution in [-0.2, 0) is 9.53 Å². The van der Waals surface area contributed by atoms with Crippen molar-refractivity contribution in [2.24, 2.45) is 0 Å². The lowest BCUT2D eigenvalue weighted by atomic mass is 10.2. The van der Waals surface area contributed by atoms with Crippen molar-refractivity contribution in [3.8, 4) is 0 Å². The van der Waals surface area contributed by atoms with Crippen LogP contribution < -0.4 is 11.1 Å². The Morgan fingerprint density at radius 1 is 1.29 bits per heavy atom. The standard InChI is InChI=1S/C13H20N2O2/c1-13(2,3)17-9-8-12(16)15-11-6-4-10(14)5-7-11/h4-7H,8-9,14H2,1-3H3,(H,15,16). The second kappa shape index (κ2) is 5.68. The van der Waals surface area contributed by atoms with Gasteiger partial charge in [0.1, 0.15) is 0 Å². The zero-order valence-electron chi connectivity index (χ0n) is 10.6. The maximum atomic E-state index is 11.6. The summed E-state index contributed by atoms with van der Waals surface area (Å²) in [6.07, 6.45) is 0.349. The van der Waals surface area contributed by atoms with E-state index in [1.54, 1.807) is 24.3 Å². The SMILES string of the molecule is CC(C)(C)OCCC(=O)Nc1ccc(N)cc1. The first-order valence-electron chi connectivity index (χ1n) is 5.66. The quantitative estimate of drug-likeness (QED) is 0.789. The minimum atomic E-state index is -0.207. The highest BCUT2D eigenvalue weighted by molar-refractivity contribution is 5.90. The van der Waals surface area contributed by atoms with Gasteiger partial charge in [-0.1, -0.05) is 0 Å². The van der Waals surface area contributed by atoms with E-state index < -0.39 is 0 Å². The molecule has 0 saturated heterocycles. The number of benzene rings is 1. The number of rotatable bonds is 4. The van der Waals surface area contributed by atoms with Crippen LogP contribution in [0, 0.1) is 0 Å². The Morgan fingerprint density at radius 3 is 2.41 bits per heavy atom. The molecule has 0 saturated carbocycles. The van der Waals surface area contributed by atoms with Gasteiger partial charge in [-0.05, 0) is 45.0 Å². The molecule has 0 aliphatic rings. The molecule has 0 bridgehead atoms. The van der Waals surface area contributed by atoms with Crippen molar-refractivity contribution in [3.05, 3.63) is 24.3 Å². The van der Waals surface area contributed by atoms with Crippen molar-refractivity contribution in [1.29, 1.82) is 0 Å². The third-order valence-corrected chi connectivity index (χ3v) is 2.06. The number of nitrogen functional groups attached to an aromatic ring is 1. The predicted octanol–water partition coefficient (Wildman–Crippen LogP) is 2.41. The molecule has 0 atom stereocenters. The van der Waals surface area contributed by atoms with Gasteiger partial charge < -0.3 is 15.8 Å². The van der Waals surface area contributed by atoms with Crippen molar-refractivity contribution < 1.29 is 9.53 Å². The summed E-state index contributed by atoms with van der Waals surface area (Å²) in [4.78, 5) is 11.6. The van der Waals surface area contributed by atoms with Crippen LogP contribution in [0.3, 0.4) is 0 Å². The highest BCUT2D eigenvalue weighted by Crippen LogP contribution is 2.11. The van der Waals surface area contributed by atoms with Gasteiger partial charge >= 0.3 is 0 Å². The van der Waals surface area contributed by atoms with Gasteiger partial charge in [0.2, 0.25) is 5.91 Å². The molecule has 4 heteroatoms. The first-order valence-corrected chi connectivity index (χ1v) is 5.66. The topological polar surface area (TPSA) is 64.3 Å². The number of carbonyl (C=O) groups is 1. The average molecular weight is 236 g/mol. The summed E-state index contributed by atoms with van der Waals surface area (Å²) in [6.45, 7) is 6.31. The minimum Gasteiger partial charge on any atom is -0.399 e. The molecule has 0 spiro atoms. The molecule has 0 aliphatic heterocycles. The van der Waals surface area contributed by atoms with Crippen LogP contribution in [0.2, 0.25) is 0 Å². The summed E-state index contributed by atoms with van der Waals surface area (Å²) in [5.74, 6) is -0.0565. The van der Waals surface area contributed by atoms with E-state index in [1.165, 1.54) is 0 Å². The Morgan fingerprint density at radius 2 is 1.88 bits per heavy atom. The zero-order valence-corrected chi connectivity index (χ0v) is 10.6. The van der Waals surface area contributed by atoms with Crippen LogP contribution >= 0.6 is 0 Å². The molecule has 0 fully saturated rings. The first kappa shape index (κ1) is 13.5. The molecule has 0 unspecified atom stereocenters. The lowest BCUT2D eigenvalue weighted by Gasteiger charge is -2.19. The Hall–Kier alpha value is -1.55. The number of carbonyl (C=O) groups excluding carboxylic acids is 1. The molecule has 0 aromatic heterocycles. The third kappa shape index (κ3) is 5.92. The van der Waals surface area contributed by atoms with Crippen LogP contribution in [0.5, 0.6) is 0 Å². The number of hydrogen-bond acceptors (Lipinski definition) is 3. The predicted molar refractivity (Wildman–Crippen MR) is 69.8 cm³/mol. The lowest BCUT2D eigenvalue weighted by Crippen LogP contribution is -2.22. The Kier molecular flexibility index (Phi) is 4.52. The number of nitrogens with two attached hydrogens (primary N) is 1. The van der Waals surface area contributed by atoms with E-state index in [0.29, 0.717) is 18.7 Å². The number of ether oxygens (including phenoxy) is 1. The van der Waals surface area contributed by atoms with E-state index in [-0.39, 0.29) is 11.5 Å². The Balaban J connectivity index is 2.32. The zero-order chi connectivity index (χ0) is 12.9. The van der Waals surface area contributed by atoms with Gasteiger partial charge in [-0.2, -0.15) is 0 Å². The van der Waals surface area contributed by atoms with Crippen molar-refractivity contribution in [1.82, 2.24) is 0 Å². The van der Waals surface area contributed by atoms with E-state index in [2.05, 4.69) is 5.32 Å². The fraction of sp³-hybridized carbons (Fsp3) is 0.462. The van der Waals surface area contributed by atoms with Gasteiger partial charge in [0, 0.05) is 11.4 Å². The fourth-order valence-electron chi connectivity index (χ4n) is 1.24. The number of nitrogens with one attached hydrogen (secondary N) is 1. The van der Waals surface area contributed by atoms with Crippen molar-refractivity contribution in [3.63, 3.8) is 0 Å². The summed E-state index contributed by atoms with van der Waals surface area (Å²) in [5.41, 5.74) is 6.78. The molecule has 0 heterocycles. The summed E-state index contributed by atoms with van der Waals surface area (Å²) in [5, 5.41) is 2.78. The normalized spacial score (nSPS) is 11.2. The summed E-state index contributed by atoms with van der Waals surface area (Å²) in [7, 11) is 0. The van der Waals surface area contributed by atoms with Gasteiger partial charge in [-0.3, -0.25) is 4.79 Å². The van der Waals surface area contributed by atoms with Gasteiger partial charge in [-0.15, -0.1) is 0 Å². The number of amides is 1. The van der Waals surface area contributed by atoms with E-state index in [9.17, 15) is 4.79 Å². The number of hydrogen-bond donors (Lipinski definition) is 2. The summed E-state index contributed by atoms with van der Waals surface area (Å²) >= 11 is 0. The van der Waals surface area contributed by atoms with E-state index in [4.69, 9.17) is 10.5 Å². The maximum absolute atomic E-state index is 11.6. The van der Waals surface area contributed by atoms with Crippen LogP contribution in [-0.4, -0.2) is 18.1 Å². The highest BCUT2D eigenvalue weighted by atomic mass is 16.5. The largest absolute Gasteiger partial charge is 0.399 e. The average Bonchev–Trinajstić information content (AvgIpc) is 2.19. The lowest BCUT2D eigenvalue weighted by molar-refractivity contribution is -0.118. The highest BCUT2D eigenvalue weighted by Gasteiger charge is 2.11. The minimum absolute atomic E-state index is 0.0565. The van der Waals surface area contributed by atoms with Crippen LogP contribution in [0.15, 0.2) is 24.3 Å². The monoisotopic (exact) mass is 236 g/mol. The molecule has 0 aliphatic carbocycles. The molecule has 1 aromatic rings. The molecule has 0 radical (unpaired) electrons. The molecule has 3 N–H and O–H groups in total. The Labute approximate surface area is 102 Å². The van der Waals surface area contributed by atoms with Crippen LogP contribution in [0.25, 0.3) is 0 Å². The van der Waals surface area contributed by atoms with Crippen molar-refractivity contribution >= 4 is 17.3 Å². The Bertz CT molecular complexity index is 366. The number of anilines is 2. The van der Waals surface area contributed by atoms with Crippen molar-refractivity contribution in [2.45, 2.75) is 32.8 Å². The third-order valence-electron chi connectivity index (χ3n) is 2.06. The maximum Gasteiger partial charge on any atom is 0.226 e. The molecule has 17 heavy (non-hydrogen) atoms. The smallest absolute Gasteiger partial charge is 0.226 e. The van der Waals surface area contributed by atoms with E-state index in [1.807, 2.05) is 20.8 Å². The summed E-state index contributed by atoms with van der Waals surface area (Å²) < 4.78 is 5.48. The van der Waals surface area contributed by atoms with Gasteiger partial charge in [-0.25, -0.2) is 0 Å². The van der Waals surface area contributed by atoms with Gasteiger partial charge in [0.05, 0.1) is 18.6 Å². The van der Waals surface area contributed by atoms with Gasteiger partial charge in [0.25, 0.3) is 0 Å². The molecule has 94 valence electrons.